The molecule has 9 nitrogen and oxygen atoms in total. The van der Waals surface area contributed by atoms with Crippen molar-refractivity contribution in [1.29, 1.82) is 5.26 Å². The van der Waals surface area contributed by atoms with Crippen molar-refractivity contribution in [2.45, 2.75) is 35.5 Å². The van der Waals surface area contributed by atoms with Crippen LogP contribution in [0.1, 0.15) is 17.5 Å². The van der Waals surface area contributed by atoms with Crippen LogP contribution in [0.25, 0.3) is 15.9 Å². The van der Waals surface area contributed by atoms with E-state index in [0.717, 1.165) is 15.1 Å². The molecule has 2 aromatic heterocycles. The van der Waals surface area contributed by atoms with Crippen LogP contribution >= 0.6 is 46.0 Å². The number of thiazole rings is 2. The van der Waals surface area contributed by atoms with Crippen LogP contribution in [0.5, 0.6) is 0 Å². The number of fused-ring (bicyclic) bond motifs is 1. The van der Waals surface area contributed by atoms with E-state index in [-0.39, 0.29) is 6.10 Å². The van der Waals surface area contributed by atoms with Crippen LogP contribution in [0.2, 0.25) is 5.15 Å². The summed E-state index contributed by atoms with van der Waals surface area (Å²) in [6, 6.07) is 5.59. The molecule has 3 unspecified atom stereocenters. The highest BCUT2D eigenvalue weighted by Gasteiger charge is 2.37. The summed E-state index contributed by atoms with van der Waals surface area (Å²) >= 11 is 10.2. The predicted octanol–water partition coefficient (Wildman–Crippen LogP) is 3.65. The van der Waals surface area contributed by atoms with Crippen LogP contribution in [0.4, 0.5) is 0 Å². The summed E-state index contributed by atoms with van der Waals surface area (Å²) in [7, 11) is 1.60. The molecule has 180 valence electrons. The zero-order valence-electron chi connectivity index (χ0n) is 18.4. The van der Waals surface area contributed by atoms with E-state index in [1.807, 2.05) is 13.0 Å². The molecule has 1 aromatic carbocycles. The van der Waals surface area contributed by atoms with Crippen molar-refractivity contribution in [3.8, 4) is 6.07 Å². The first kappa shape index (κ1) is 25.2. The second-order valence-electron chi connectivity index (χ2n) is 7.53. The second-order valence-corrected chi connectivity index (χ2v) is 10.8. The molecular formula is C21H23ClN6O3S3. The van der Waals surface area contributed by atoms with Crippen molar-refractivity contribution < 1.29 is 14.2 Å². The maximum Gasteiger partial charge on any atom is 0.142 e. The van der Waals surface area contributed by atoms with Gasteiger partial charge in [-0.3, -0.25) is 0 Å². The van der Waals surface area contributed by atoms with E-state index in [1.54, 1.807) is 30.3 Å². The van der Waals surface area contributed by atoms with Crippen molar-refractivity contribution in [3.05, 3.63) is 44.9 Å². The summed E-state index contributed by atoms with van der Waals surface area (Å²) in [5, 5.41) is 13.8. The molecule has 0 bridgehead atoms. The number of hydrogen-bond donors (Lipinski definition) is 2. The first-order chi connectivity index (χ1) is 16.4. The Morgan fingerprint density at radius 3 is 2.94 bits per heavy atom. The number of hydrazine groups is 1. The lowest BCUT2D eigenvalue weighted by Gasteiger charge is -2.39. The minimum atomic E-state index is -0.509. The van der Waals surface area contributed by atoms with Crippen LogP contribution < -0.4 is 11.6 Å². The van der Waals surface area contributed by atoms with E-state index in [1.165, 1.54) is 39.4 Å². The Balaban J connectivity index is 1.63. The van der Waals surface area contributed by atoms with Gasteiger partial charge in [0.05, 0.1) is 52.3 Å². The third kappa shape index (κ3) is 5.64. The van der Waals surface area contributed by atoms with E-state index < -0.39 is 17.6 Å². The highest BCUT2D eigenvalue weighted by molar-refractivity contribution is 8.00. The number of rotatable bonds is 6. The molecule has 0 radical (unpaired) electrons. The van der Waals surface area contributed by atoms with Crippen LogP contribution in [0.15, 0.2) is 34.1 Å². The summed E-state index contributed by atoms with van der Waals surface area (Å²) in [5.74, 6) is 6.42. The Hall–Kier alpha value is -1.95. The molecule has 1 fully saturated rings. The number of methoxy groups -OCH3 is 1. The van der Waals surface area contributed by atoms with Crippen molar-refractivity contribution in [2.75, 3.05) is 20.3 Å². The SMILES string of the molecule is COC1C(Sc2cc3scnc3cc2C#N)OC(C)COC[C@H]1N(N)/C=C(\N)c1nc(Cl)cs1. The minimum absolute atomic E-state index is 0.182. The van der Waals surface area contributed by atoms with Gasteiger partial charge in [-0.1, -0.05) is 23.4 Å². The Bertz CT molecular complexity index is 1210. The molecule has 13 heteroatoms. The molecular weight excluding hydrogens is 516 g/mol. The number of nitrogens with zero attached hydrogens (tertiary/aromatic N) is 4. The third-order valence-electron chi connectivity index (χ3n) is 5.12. The number of nitrogens with two attached hydrogens (primary N) is 2. The zero-order chi connectivity index (χ0) is 24.2. The van der Waals surface area contributed by atoms with E-state index in [0.29, 0.717) is 34.6 Å². The third-order valence-corrected chi connectivity index (χ3v) is 8.33. The Labute approximate surface area is 214 Å². The van der Waals surface area contributed by atoms with Gasteiger partial charge >= 0.3 is 0 Å². The van der Waals surface area contributed by atoms with E-state index >= 15 is 0 Å². The number of aromatic nitrogens is 2. The standard InChI is InChI=1S/C21H23ClN6O3S3/c1-11-7-30-8-15(28(25)6-13(24)20-27-18(22)9-32-20)19(29-2)21(31-11)34-16-4-17-14(26-10-33-17)3-12(16)5-23/h3-4,6,9-11,15,19,21H,7-8,24-25H2,1-2H3/b13-6-/t11?,15-,19?,21?/m1/s1. The van der Waals surface area contributed by atoms with Gasteiger partial charge in [0.25, 0.3) is 0 Å². The van der Waals surface area contributed by atoms with Crippen LogP contribution in [0, 0.1) is 11.3 Å². The molecule has 34 heavy (non-hydrogen) atoms. The van der Waals surface area contributed by atoms with E-state index in [9.17, 15) is 5.26 Å². The molecule has 4 atom stereocenters. The number of hydrogen-bond acceptors (Lipinski definition) is 12. The monoisotopic (exact) mass is 538 g/mol. The van der Waals surface area contributed by atoms with Gasteiger partial charge in [0.2, 0.25) is 0 Å². The summed E-state index contributed by atoms with van der Waals surface area (Å²) in [5.41, 5.74) is 9.19. The Kier molecular flexibility index (Phi) is 8.28. The number of benzene rings is 1. The van der Waals surface area contributed by atoms with Crippen molar-refractivity contribution in [2.24, 2.45) is 11.6 Å². The molecule has 0 saturated carbocycles. The van der Waals surface area contributed by atoms with Gasteiger partial charge in [-0.2, -0.15) is 5.26 Å². The molecule has 0 aliphatic carbocycles. The first-order valence-corrected chi connectivity index (χ1v) is 13.2. The Morgan fingerprint density at radius 1 is 1.41 bits per heavy atom. The maximum atomic E-state index is 9.73. The highest BCUT2D eigenvalue weighted by Crippen LogP contribution is 2.36. The second kappa shape index (κ2) is 11.2. The predicted molar refractivity (Wildman–Crippen MR) is 135 cm³/mol. The van der Waals surface area contributed by atoms with Crippen LogP contribution in [-0.2, 0) is 14.2 Å². The molecule has 0 spiro atoms. The number of halogens is 1. The largest absolute Gasteiger partial charge is 0.395 e. The fraction of sp³-hybridized carbons (Fsp3) is 0.381. The average Bonchev–Trinajstić information content (AvgIpc) is 3.44. The lowest BCUT2D eigenvalue weighted by Crippen LogP contribution is -2.55. The lowest BCUT2D eigenvalue weighted by atomic mass is 10.1. The number of ether oxygens (including phenoxy) is 3. The quantitative estimate of drug-likeness (QED) is 0.354. The van der Waals surface area contributed by atoms with Gasteiger partial charge in [-0.05, 0) is 19.1 Å². The summed E-state index contributed by atoms with van der Waals surface area (Å²) in [6.45, 7) is 2.61. The maximum absolute atomic E-state index is 9.73. The molecule has 3 aromatic rings. The molecule has 1 aliphatic heterocycles. The van der Waals surface area contributed by atoms with Crippen LogP contribution in [0.3, 0.4) is 0 Å². The highest BCUT2D eigenvalue weighted by atomic mass is 35.5. The van der Waals surface area contributed by atoms with Crippen molar-refractivity contribution in [3.63, 3.8) is 0 Å². The summed E-state index contributed by atoms with van der Waals surface area (Å²) in [6.07, 6.45) is 0.898. The Morgan fingerprint density at radius 2 is 2.24 bits per heavy atom. The molecule has 4 rings (SSSR count). The fourth-order valence-corrected chi connectivity index (χ4v) is 6.47. The normalized spacial score (nSPS) is 23.9. The average molecular weight is 539 g/mol. The molecule has 3 heterocycles. The smallest absolute Gasteiger partial charge is 0.142 e. The van der Waals surface area contributed by atoms with Gasteiger partial charge in [0, 0.05) is 23.6 Å². The van der Waals surface area contributed by atoms with Crippen molar-refractivity contribution in [1.82, 2.24) is 15.0 Å². The number of nitriles is 1. The summed E-state index contributed by atoms with van der Waals surface area (Å²) in [4.78, 5) is 9.28. The fourth-order valence-electron chi connectivity index (χ4n) is 3.49. The van der Waals surface area contributed by atoms with Gasteiger partial charge in [0.15, 0.2) is 0 Å². The van der Waals surface area contributed by atoms with Crippen molar-refractivity contribution >= 4 is 62.0 Å². The van der Waals surface area contributed by atoms with Gasteiger partial charge < -0.3 is 25.0 Å². The van der Waals surface area contributed by atoms with E-state index in [2.05, 4.69) is 16.0 Å². The minimum Gasteiger partial charge on any atom is -0.395 e. The van der Waals surface area contributed by atoms with E-state index in [4.69, 9.17) is 37.4 Å². The molecule has 0 amide bonds. The summed E-state index contributed by atoms with van der Waals surface area (Å²) < 4.78 is 19.0. The molecule has 4 N–H and O–H groups in total. The van der Waals surface area contributed by atoms with Gasteiger partial charge in [-0.25, -0.2) is 15.8 Å². The molecule has 1 aliphatic rings. The molecule has 1 saturated heterocycles. The van der Waals surface area contributed by atoms with Gasteiger partial charge in [0.1, 0.15) is 27.8 Å². The topological polar surface area (TPSA) is 133 Å². The zero-order valence-corrected chi connectivity index (χ0v) is 21.6. The van der Waals surface area contributed by atoms with Crippen LogP contribution in [-0.4, -0.2) is 59.0 Å². The van der Waals surface area contributed by atoms with Gasteiger partial charge in [-0.15, -0.1) is 22.7 Å². The number of thioether (sulfide) groups is 1. The first-order valence-electron chi connectivity index (χ1n) is 10.2. The lowest BCUT2D eigenvalue weighted by molar-refractivity contribution is -0.128.